The molecule has 3 nitrogen and oxygen atoms in total. The fourth-order valence-electron chi connectivity index (χ4n) is 1.64. The Balaban J connectivity index is 2.26. The van der Waals surface area contributed by atoms with E-state index in [0.717, 1.165) is 17.1 Å². The molecule has 3 heteroatoms. The Morgan fingerprint density at radius 3 is 2.35 bits per heavy atom. The van der Waals surface area contributed by atoms with Gasteiger partial charge in [-0.1, -0.05) is 18.2 Å². The molecular weight excluding hydrogens is 212 g/mol. The van der Waals surface area contributed by atoms with Crippen LogP contribution in [0.1, 0.15) is 18.5 Å². The highest BCUT2D eigenvalue weighted by molar-refractivity contribution is 5.52. The van der Waals surface area contributed by atoms with Crippen molar-refractivity contribution in [2.45, 2.75) is 13.0 Å². The fourth-order valence-corrected chi connectivity index (χ4v) is 1.64. The fraction of sp³-hybridized carbons (Fsp3) is 0.143. The largest absolute Gasteiger partial charge is 0.457 e. The van der Waals surface area contributed by atoms with E-state index >= 15 is 0 Å². The van der Waals surface area contributed by atoms with E-state index in [9.17, 15) is 0 Å². The van der Waals surface area contributed by atoms with Gasteiger partial charge in [-0.3, -0.25) is 0 Å². The number of ether oxygens (including phenoxy) is 1. The topological polar surface area (TPSA) is 61.3 Å². The Bertz CT molecular complexity index is 495. The third-order valence-corrected chi connectivity index (χ3v) is 2.53. The number of para-hydroxylation sites is 1. The van der Waals surface area contributed by atoms with E-state index in [4.69, 9.17) is 16.2 Å². The number of benzene rings is 2. The minimum absolute atomic E-state index is 0.102. The molecule has 0 fully saturated rings. The Hall–Kier alpha value is -2.00. The van der Waals surface area contributed by atoms with Crippen LogP contribution in [0, 0.1) is 0 Å². The van der Waals surface area contributed by atoms with E-state index in [1.807, 2.05) is 55.5 Å². The number of nitrogens with two attached hydrogens (primary N) is 2. The number of hydrogen-bond acceptors (Lipinski definition) is 3. The van der Waals surface area contributed by atoms with Crippen LogP contribution in [0.4, 0.5) is 5.69 Å². The third kappa shape index (κ3) is 2.77. The van der Waals surface area contributed by atoms with Crippen molar-refractivity contribution in [3.63, 3.8) is 0 Å². The van der Waals surface area contributed by atoms with Crippen molar-refractivity contribution in [1.29, 1.82) is 0 Å². The molecule has 0 amide bonds. The summed E-state index contributed by atoms with van der Waals surface area (Å²) in [5.41, 5.74) is 13.3. The molecule has 2 aromatic rings. The predicted octanol–water partition coefficient (Wildman–Crippen LogP) is 3.08. The van der Waals surface area contributed by atoms with Crippen LogP contribution in [0.5, 0.6) is 11.5 Å². The van der Waals surface area contributed by atoms with Crippen molar-refractivity contribution < 1.29 is 4.74 Å². The molecule has 0 aromatic heterocycles. The van der Waals surface area contributed by atoms with Crippen LogP contribution in [0.2, 0.25) is 0 Å². The molecule has 0 saturated carbocycles. The Labute approximate surface area is 101 Å². The molecule has 88 valence electrons. The average Bonchev–Trinajstić information content (AvgIpc) is 2.32. The summed E-state index contributed by atoms with van der Waals surface area (Å²) in [5, 5.41) is 0. The summed E-state index contributed by atoms with van der Waals surface area (Å²) in [4.78, 5) is 0. The molecular formula is C14H16N2O. The van der Waals surface area contributed by atoms with Gasteiger partial charge >= 0.3 is 0 Å². The molecule has 2 rings (SSSR count). The zero-order valence-electron chi connectivity index (χ0n) is 9.76. The van der Waals surface area contributed by atoms with Crippen LogP contribution < -0.4 is 16.2 Å². The van der Waals surface area contributed by atoms with Gasteiger partial charge in [-0.05, 0) is 42.8 Å². The maximum Gasteiger partial charge on any atom is 0.127 e. The maximum absolute atomic E-state index is 5.85. The van der Waals surface area contributed by atoms with E-state index in [1.165, 1.54) is 0 Å². The first-order chi connectivity index (χ1) is 8.16. The van der Waals surface area contributed by atoms with E-state index in [-0.39, 0.29) is 6.04 Å². The molecule has 0 aliphatic rings. The van der Waals surface area contributed by atoms with Gasteiger partial charge in [0.05, 0.1) is 0 Å². The van der Waals surface area contributed by atoms with Gasteiger partial charge in [0.2, 0.25) is 0 Å². The van der Waals surface area contributed by atoms with Crippen LogP contribution in [0.3, 0.4) is 0 Å². The highest BCUT2D eigenvalue weighted by Gasteiger charge is 2.06. The number of anilines is 1. The summed E-state index contributed by atoms with van der Waals surface area (Å²) in [5.74, 6) is 1.55. The van der Waals surface area contributed by atoms with Crippen LogP contribution in [0.15, 0.2) is 48.5 Å². The van der Waals surface area contributed by atoms with Crippen molar-refractivity contribution in [2.75, 3.05) is 5.73 Å². The summed E-state index contributed by atoms with van der Waals surface area (Å²) < 4.78 is 5.71. The lowest BCUT2D eigenvalue weighted by molar-refractivity contribution is 0.481. The molecule has 0 heterocycles. The first-order valence-electron chi connectivity index (χ1n) is 5.54. The van der Waals surface area contributed by atoms with Crippen molar-refractivity contribution in [1.82, 2.24) is 0 Å². The molecule has 17 heavy (non-hydrogen) atoms. The quantitative estimate of drug-likeness (QED) is 0.793. The van der Waals surface area contributed by atoms with Crippen molar-refractivity contribution >= 4 is 5.69 Å². The molecule has 1 atom stereocenters. The summed E-state index contributed by atoms with van der Waals surface area (Å²) in [6, 6.07) is 15.1. The zero-order valence-corrected chi connectivity index (χ0v) is 9.76. The second-order valence-electron chi connectivity index (χ2n) is 3.99. The monoisotopic (exact) mass is 228 g/mol. The lowest BCUT2D eigenvalue weighted by Gasteiger charge is -2.12. The van der Waals surface area contributed by atoms with Gasteiger partial charge in [-0.15, -0.1) is 0 Å². The average molecular weight is 228 g/mol. The molecule has 0 bridgehead atoms. The Morgan fingerprint density at radius 2 is 1.71 bits per heavy atom. The highest BCUT2D eigenvalue weighted by atomic mass is 16.5. The minimum atomic E-state index is -0.102. The molecule has 1 unspecified atom stereocenters. The smallest absolute Gasteiger partial charge is 0.127 e. The lowest BCUT2D eigenvalue weighted by atomic mass is 10.1. The second kappa shape index (κ2) is 4.89. The molecule has 0 spiro atoms. The predicted molar refractivity (Wildman–Crippen MR) is 70.0 cm³/mol. The highest BCUT2D eigenvalue weighted by Crippen LogP contribution is 2.27. The van der Waals surface area contributed by atoms with E-state index < -0.39 is 0 Å². The van der Waals surface area contributed by atoms with E-state index in [0.29, 0.717) is 5.69 Å². The first kappa shape index (κ1) is 11.5. The number of nitrogen functional groups attached to an aromatic ring is 1. The normalized spacial score (nSPS) is 12.1. The van der Waals surface area contributed by atoms with Gasteiger partial charge in [-0.2, -0.15) is 0 Å². The van der Waals surface area contributed by atoms with Crippen LogP contribution in [-0.4, -0.2) is 0 Å². The Morgan fingerprint density at radius 1 is 1.00 bits per heavy atom. The van der Waals surface area contributed by atoms with Gasteiger partial charge in [0.15, 0.2) is 0 Å². The summed E-state index contributed by atoms with van der Waals surface area (Å²) in [6.07, 6.45) is 0. The van der Waals surface area contributed by atoms with E-state index in [2.05, 4.69) is 0 Å². The summed E-state index contributed by atoms with van der Waals surface area (Å²) in [6.45, 7) is 1.90. The third-order valence-electron chi connectivity index (χ3n) is 2.53. The second-order valence-corrected chi connectivity index (χ2v) is 3.99. The molecule has 0 saturated heterocycles. The van der Waals surface area contributed by atoms with Gasteiger partial charge in [0, 0.05) is 11.7 Å². The maximum atomic E-state index is 5.85. The molecule has 0 aliphatic carbocycles. The first-order valence-corrected chi connectivity index (χ1v) is 5.54. The lowest BCUT2D eigenvalue weighted by Crippen LogP contribution is -2.08. The van der Waals surface area contributed by atoms with Crippen molar-refractivity contribution in [2.24, 2.45) is 5.73 Å². The van der Waals surface area contributed by atoms with Crippen LogP contribution >= 0.6 is 0 Å². The SMILES string of the molecule is CC(N)c1cc(Oc2ccccc2)ccc1N. The standard InChI is InChI=1S/C14H16N2O/c1-10(15)13-9-12(7-8-14(13)16)17-11-5-3-2-4-6-11/h2-10H,15-16H2,1H3. The molecule has 4 N–H and O–H groups in total. The molecule has 0 radical (unpaired) electrons. The van der Waals surface area contributed by atoms with Crippen LogP contribution in [0.25, 0.3) is 0 Å². The van der Waals surface area contributed by atoms with Gasteiger partial charge in [0.1, 0.15) is 11.5 Å². The van der Waals surface area contributed by atoms with Crippen molar-refractivity contribution in [3.8, 4) is 11.5 Å². The summed E-state index contributed by atoms with van der Waals surface area (Å²) in [7, 11) is 0. The van der Waals surface area contributed by atoms with Gasteiger partial charge in [0.25, 0.3) is 0 Å². The number of hydrogen-bond donors (Lipinski definition) is 2. The van der Waals surface area contributed by atoms with Crippen molar-refractivity contribution in [3.05, 3.63) is 54.1 Å². The zero-order chi connectivity index (χ0) is 12.3. The molecule has 0 aliphatic heterocycles. The Kier molecular flexibility index (Phi) is 3.30. The summed E-state index contributed by atoms with van der Waals surface area (Å²) >= 11 is 0. The van der Waals surface area contributed by atoms with E-state index in [1.54, 1.807) is 0 Å². The van der Waals surface area contributed by atoms with Crippen LogP contribution in [-0.2, 0) is 0 Å². The van der Waals surface area contributed by atoms with Gasteiger partial charge in [-0.25, -0.2) is 0 Å². The van der Waals surface area contributed by atoms with Gasteiger partial charge < -0.3 is 16.2 Å². The minimum Gasteiger partial charge on any atom is -0.457 e. The molecule has 2 aromatic carbocycles. The number of rotatable bonds is 3.